The van der Waals surface area contributed by atoms with Crippen molar-refractivity contribution < 1.29 is 4.39 Å². The van der Waals surface area contributed by atoms with Gasteiger partial charge in [0, 0.05) is 4.90 Å². The van der Waals surface area contributed by atoms with Gasteiger partial charge >= 0.3 is 0 Å². The first-order valence-electron chi connectivity index (χ1n) is 2.56. The van der Waals surface area contributed by atoms with Gasteiger partial charge in [0.15, 0.2) is 0 Å². The molecule has 0 aliphatic carbocycles. The summed E-state index contributed by atoms with van der Waals surface area (Å²) in [5.41, 5.74) is 0. The Bertz CT molecular complexity index is 241. The van der Waals surface area contributed by atoms with Crippen LogP contribution in [0, 0.1) is 5.82 Å². The van der Waals surface area contributed by atoms with Crippen LogP contribution in [0.15, 0.2) is 23.1 Å². The topological polar surface area (TPSA) is 26.0 Å². The Kier molecular flexibility index (Phi) is 2.54. The van der Waals surface area contributed by atoms with Gasteiger partial charge in [-0.05, 0) is 30.1 Å². The largest absolute Gasteiger partial charge is 0.274 e. The van der Waals surface area contributed by atoms with Crippen molar-refractivity contribution in [2.75, 3.05) is 0 Å². The summed E-state index contributed by atoms with van der Waals surface area (Å²) in [7, 11) is 0. The summed E-state index contributed by atoms with van der Waals surface area (Å²) in [4.78, 5) is 0.668. The molecule has 0 saturated carbocycles. The standard InChI is InChI=1S/C6H5ClFNS/c7-5-2-1-4(10-9)3-6(5)8/h1-3H,9H2. The Morgan fingerprint density at radius 3 is 2.70 bits per heavy atom. The van der Waals surface area contributed by atoms with Crippen LogP contribution in [-0.4, -0.2) is 0 Å². The fourth-order valence-electron chi connectivity index (χ4n) is 0.550. The second-order valence-corrected chi connectivity index (χ2v) is 2.81. The molecular weight excluding hydrogens is 173 g/mol. The van der Waals surface area contributed by atoms with E-state index in [0.29, 0.717) is 4.90 Å². The minimum atomic E-state index is -0.433. The summed E-state index contributed by atoms with van der Waals surface area (Å²) in [6.45, 7) is 0. The van der Waals surface area contributed by atoms with Gasteiger partial charge in [0.1, 0.15) is 5.82 Å². The van der Waals surface area contributed by atoms with Crippen molar-refractivity contribution in [3.63, 3.8) is 0 Å². The number of hydrogen-bond donors (Lipinski definition) is 1. The Morgan fingerprint density at radius 1 is 1.50 bits per heavy atom. The summed E-state index contributed by atoms with van der Waals surface area (Å²) in [6, 6.07) is 4.44. The fourth-order valence-corrected chi connectivity index (χ4v) is 0.986. The van der Waals surface area contributed by atoms with Crippen LogP contribution in [0.5, 0.6) is 0 Å². The van der Waals surface area contributed by atoms with E-state index in [1.807, 2.05) is 0 Å². The zero-order valence-corrected chi connectivity index (χ0v) is 6.55. The number of benzene rings is 1. The van der Waals surface area contributed by atoms with Gasteiger partial charge in [0.2, 0.25) is 0 Å². The predicted octanol–water partition coefficient (Wildman–Crippen LogP) is 2.44. The highest BCUT2D eigenvalue weighted by Crippen LogP contribution is 2.19. The van der Waals surface area contributed by atoms with Gasteiger partial charge < -0.3 is 0 Å². The van der Waals surface area contributed by atoms with Crippen LogP contribution in [0.25, 0.3) is 0 Å². The first kappa shape index (κ1) is 7.85. The van der Waals surface area contributed by atoms with Crippen LogP contribution < -0.4 is 5.14 Å². The summed E-state index contributed by atoms with van der Waals surface area (Å²) >= 11 is 6.41. The lowest BCUT2D eigenvalue weighted by atomic mass is 10.3. The van der Waals surface area contributed by atoms with Gasteiger partial charge in [-0.2, -0.15) is 0 Å². The predicted molar refractivity (Wildman–Crippen MR) is 41.5 cm³/mol. The Hall–Kier alpha value is -0.250. The highest BCUT2D eigenvalue weighted by Gasteiger charge is 1.98. The average molecular weight is 178 g/mol. The molecule has 0 bridgehead atoms. The van der Waals surface area contributed by atoms with Crippen LogP contribution in [0.3, 0.4) is 0 Å². The van der Waals surface area contributed by atoms with Crippen molar-refractivity contribution in [2.24, 2.45) is 5.14 Å². The quantitative estimate of drug-likeness (QED) is 0.667. The van der Waals surface area contributed by atoms with Gasteiger partial charge in [-0.1, -0.05) is 11.6 Å². The van der Waals surface area contributed by atoms with E-state index in [2.05, 4.69) is 0 Å². The van der Waals surface area contributed by atoms with E-state index in [1.54, 1.807) is 6.07 Å². The van der Waals surface area contributed by atoms with E-state index in [-0.39, 0.29) is 5.02 Å². The molecule has 0 heterocycles. The lowest BCUT2D eigenvalue weighted by Gasteiger charge is -1.95. The van der Waals surface area contributed by atoms with Crippen LogP contribution in [0.2, 0.25) is 5.02 Å². The highest BCUT2D eigenvalue weighted by molar-refractivity contribution is 7.97. The Morgan fingerprint density at radius 2 is 2.20 bits per heavy atom. The van der Waals surface area contributed by atoms with Crippen molar-refractivity contribution in [1.29, 1.82) is 0 Å². The minimum absolute atomic E-state index is 0.123. The number of nitrogens with two attached hydrogens (primary N) is 1. The summed E-state index contributed by atoms with van der Waals surface area (Å²) in [5.74, 6) is -0.433. The maximum absolute atomic E-state index is 12.6. The van der Waals surface area contributed by atoms with Gasteiger partial charge in [0.25, 0.3) is 0 Å². The third kappa shape index (κ3) is 1.62. The molecule has 1 aromatic carbocycles. The van der Waals surface area contributed by atoms with E-state index in [0.717, 1.165) is 11.9 Å². The van der Waals surface area contributed by atoms with Gasteiger partial charge in [-0.15, -0.1) is 0 Å². The average Bonchev–Trinajstić information content (AvgIpc) is 1.95. The molecule has 0 radical (unpaired) electrons. The second-order valence-electron chi connectivity index (χ2n) is 1.69. The van der Waals surface area contributed by atoms with Crippen molar-refractivity contribution in [2.45, 2.75) is 4.90 Å². The van der Waals surface area contributed by atoms with Crippen LogP contribution in [-0.2, 0) is 0 Å². The molecule has 2 N–H and O–H groups in total. The summed E-state index contributed by atoms with van der Waals surface area (Å²) in [6.07, 6.45) is 0. The zero-order chi connectivity index (χ0) is 7.56. The van der Waals surface area contributed by atoms with E-state index >= 15 is 0 Å². The van der Waals surface area contributed by atoms with Crippen molar-refractivity contribution in [3.05, 3.63) is 29.0 Å². The molecule has 1 rings (SSSR count). The second kappa shape index (κ2) is 3.23. The fraction of sp³-hybridized carbons (Fsp3) is 0. The van der Waals surface area contributed by atoms with E-state index in [1.165, 1.54) is 12.1 Å². The molecule has 0 unspecified atom stereocenters. The molecule has 1 nitrogen and oxygen atoms in total. The molecule has 54 valence electrons. The maximum Gasteiger partial charge on any atom is 0.142 e. The van der Waals surface area contributed by atoms with Gasteiger partial charge in [0.05, 0.1) is 5.02 Å². The molecule has 0 aromatic heterocycles. The summed E-state index contributed by atoms with van der Waals surface area (Å²) in [5, 5.41) is 5.30. The molecule has 0 aliphatic heterocycles. The Labute approximate surface area is 67.5 Å². The molecule has 1 aromatic rings. The molecule has 0 amide bonds. The number of halogens is 2. The third-order valence-corrected chi connectivity index (χ3v) is 1.86. The van der Waals surface area contributed by atoms with Crippen molar-refractivity contribution >= 4 is 23.5 Å². The molecule has 0 fully saturated rings. The molecular formula is C6H5ClFNS. The van der Waals surface area contributed by atoms with Crippen molar-refractivity contribution in [3.8, 4) is 0 Å². The molecule has 10 heavy (non-hydrogen) atoms. The maximum atomic E-state index is 12.6. The number of hydrogen-bond acceptors (Lipinski definition) is 2. The zero-order valence-electron chi connectivity index (χ0n) is 4.97. The lowest BCUT2D eigenvalue weighted by Crippen LogP contribution is -1.81. The molecule has 4 heteroatoms. The normalized spacial score (nSPS) is 9.90. The SMILES string of the molecule is NSc1ccc(Cl)c(F)c1. The lowest BCUT2D eigenvalue weighted by molar-refractivity contribution is 0.624. The summed E-state index contributed by atoms with van der Waals surface area (Å²) < 4.78 is 12.6. The highest BCUT2D eigenvalue weighted by atomic mass is 35.5. The smallest absolute Gasteiger partial charge is 0.142 e. The first-order chi connectivity index (χ1) is 4.74. The van der Waals surface area contributed by atoms with Crippen LogP contribution in [0.4, 0.5) is 4.39 Å². The van der Waals surface area contributed by atoms with E-state index < -0.39 is 5.82 Å². The molecule has 0 saturated heterocycles. The first-order valence-corrected chi connectivity index (χ1v) is 3.81. The minimum Gasteiger partial charge on any atom is -0.274 e. The van der Waals surface area contributed by atoms with E-state index in [4.69, 9.17) is 16.7 Å². The van der Waals surface area contributed by atoms with Gasteiger partial charge in [-0.3, -0.25) is 5.14 Å². The van der Waals surface area contributed by atoms with Crippen molar-refractivity contribution in [1.82, 2.24) is 0 Å². The molecule has 0 aliphatic rings. The van der Waals surface area contributed by atoms with E-state index in [9.17, 15) is 4.39 Å². The third-order valence-electron chi connectivity index (χ3n) is 1.03. The molecule has 0 atom stereocenters. The van der Waals surface area contributed by atoms with Crippen LogP contribution >= 0.6 is 23.5 Å². The van der Waals surface area contributed by atoms with Crippen LogP contribution in [0.1, 0.15) is 0 Å². The monoisotopic (exact) mass is 177 g/mol. The molecule has 0 spiro atoms. The number of rotatable bonds is 1. The Balaban J connectivity index is 3.04. The van der Waals surface area contributed by atoms with Gasteiger partial charge in [-0.25, -0.2) is 4.39 Å².